The smallest absolute Gasteiger partial charge is 0.255 e. The van der Waals surface area contributed by atoms with Crippen LogP contribution in [0.5, 0.6) is 0 Å². The molecule has 3 N–H and O–H groups in total. The molecule has 166 valence electrons. The van der Waals surface area contributed by atoms with E-state index < -0.39 is 0 Å². The Hall–Kier alpha value is -3.49. The van der Waals surface area contributed by atoms with Gasteiger partial charge in [-0.25, -0.2) is 4.98 Å². The van der Waals surface area contributed by atoms with Crippen molar-refractivity contribution in [1.29, 1.82) is 0 Å². The van der Waals surface area contributed by atoms with Crippen molar-refractivity contribution < 1.29 is 14.7 Å². The van der Waals surface area contributed by atoms with Crippen molar-refractivity contribution in [3.8, 4) is 0 Å². The average Bonchev–Trinajstić information content (AvgIpc) is 3.27. The average molecular weight is 505 g/mol. The second-order valence-corrected chi connectivity index (χ2v) is 8.82. The van der Waals surface area contributed by atoms with E-state index >= 15 is 0 Å². The Balaban J connectivity index is 1.35. The molecule has 7 nitrogen and oxygen atoms in total. The maximum atomic E-state index is 13.2. The number of nitrogens with one attached hydrogen (secondary N) is 2. The van der Waals surface area contributed by atoms with Crippen molar-refractivity contribution in [2.45, 2.75) is 19.6 Å². The fraction of sp³-hybridized carbons (Fsp3) is 0.160. The summed E-state index contributed by atoms with van der Waals surface area (Å²) in [6.45, 7) is 0.864. The summed E-state index contributed by atoms with van der Waals surface area (Å²) in [6.07, 6.45) is 0.730. The Morgan fingerprint density at radius 2 is 1.88 bits per heavy atom. The van der Waals surface area contributed by atoms with Crippen LogP contribution in [-0.2, 0) is 19.6 Å². The number of aromatic nitrogens is 2. The van der Waals surface area contributed by atoms with Crippen LogP contribution in [-0.4, -0.2) is 38.3 Å². The van der Waals surface area contributed by atoms with Crippen molar-refractivity contribution >= 4 is 44.5 Å². The maximum absolute atomic E-state index is 13.2. The normalized spacial score (nSPS) is 13.1. The molecule has 33 heavy (non-hydrogen) atoms. The summed E-state index contributed by atoms with van der Waals surface area (Å²) in [7, 11) is 0. The summed E-state index contributed by atoms with van der Waals surface area (Å²) in [5.74, 6) is 0.193. The number of carbonyl (C=O) groups excluding carboxylic acids is 2. The Bertz CT molecular complexity index is 1380. The van der Waals surface area contributed by atoms with Gasteiger partial charge >= 0.3 is 0 Å². The molecule has 1 aliphatic heterocycles. The van der Waals surface area contributed by atoms with Crippen LogP contribution in [0, 0.1) is 0 Å². The van der Waals surface area contributed by atoms with Gasteiger partial charge in [-0.15, -0.1) is 0 Å². The topological polar surface area (TPSA) is 98.3 Å². The monoisotopic (exact) mass is 504 g/mol. The molecule has 0 bridgehead atoms. The van der Waals surface area contributed by atoms with Crippen molar-refractivity contribution in [3.63, 3.8) is 0 Å². The number of anilines is 1. The van der Waals surface area contributed by atoms with Crippen molar-refractivity contribution in [2.75, 3.05) is 11.9 Å². The van der Waals surface area contributed by atoms with Crippen LogP contribution >= 0.6 is 15.9 Å². The zero-order valence-corrected chi connectivity index (χ0v) is 19.2. The molecule has 4 aromatic rings. The number of amides is 2. The van der Waals surface area contributed by atoms with Crippen molar-refractivity contribution in [1.82, 2.24) is 14.9 Å². The number of benzene rings is 3. The molecule has 0 atom stereocenters. The number of imidazole rings is 1. The first-order valence-electron chi connectivity index (χ1n) is 10.6. The molecular weight excluding hydrogens is 484 g/mol. The van der Waals surface area contributed by atoms with E-state index in [9.17, 15) is 14.7 Å². The molecule has 0 fully saturated rings. The van der Waals surface area contributed by atoms with E-state index in [4.69, 9.17) is 0 Å². The third kappa shape index (κ3) is 4.27. The molecule has 0 saturated carbocycles. The van der Waals surface area contributed by atoms with Crippen LogP contribution in [0.15, 0.2) is 65.1 Å². The summed E-state index contributed by atoms with van der Waals surface area (Å²) < 4.78 is 0.813. The van der Waals surface area contributed by atoms with E-state index in [-0.39, 0.29) is 18.4 Å². The minimum absolute atomic E-state index is 0.0780. The summed E-state index contributed by atoms with van der Waals surface area (Å²) in [5, 5.41) is 12.2. The van der Waals surface area contributed by atoms with Gasteiger partial charge in [0.2, 0.25) is 0 Å². The van der Waals surface area contributed by atoms with Gasteiger partial charge in [-0.05, 0) is 75.9 Å². The van der Waals surface area contributed by atoms with Crippen LogP contribution in [0.25, 0.3) is 11.0 Å². The van der Waals surface area contributed by atoms with Crippen molar-refractivity contribution in [3.05, 3.63) is 93.2 Å². The summed E-state index contributed by atoms with van der Waals surface area (Å²) in [6, 6.07) is 18.4. The molecule has 1 aliphatic rings. The van der Waals surface area contributed by atoms with E-state index in [2.05, 4.69) is 31.2 Å². The number of aromatic amines is 1. The Morgan fingerprint density at radius 1 is 1.06 bits per heavy atom. The lowest BCUT2D eigenvalue weighted by Crippen LogP contribution is -2.36. The second kappa shape index (κ2) is 8.80. The summed E-state index contributed by atoms with van der Waals surface area (Å²) in [4.78, 5) is 35.1. The highest BCUT2D eigenvalue weighted by atomic mass is 79.9. The first-order valence-corrected chi connectivity index (χ1v) is 11.4. The molecule has 2 amide bonds. The quantitative estimate of drug-likeness (QED) is 0.386. The molecule has 0 aliphatic carbocycles. The molecular formula is C25H21BrN4O3. The number of hydrogen-bond donors (Lipinski definition) is 3. The zero-order chi connectivity index (χ0) is 22.9. The van der Waals surface area contributed by atoms with E-state index in [0.717, 1.165) is 22.0 Å². The summed E-state index contributed by atoms with van der Waals surface area (Å²) >= 11 is 3.45. The van der Waals surface area contributed by atoms with Gasteiger partial charge in [-0.3, -0.25) is 9.59 Å². The number of aliphatic hydroxyl groups is 1. The van der Waals surface area contributed by atoms with Crippen LogP contribution in [0.3, 0.4) is 0 Å². The highest BCUT2D eigenvalue weighted by Crippen LogP contribution is 2.25. The molecule has 0 saturated heterocycles. The SMILES string of the molecule is O=C(Nc1ccccc1Br)c1ccc2c(c1)CN(C(=O)c1ccc3nc(CO)[nH]c3c1)CC2. The van der Waals surface area contributed by atoms with Gasteiger partial charge in [-0.2, -0.15) is 0 Å². The van der Waals surface area contributed by atoms with E-state index in [1.165, 1.54) is 0 Å². The number of carbonyl (C=O) groups is 2. The lowest BCUT2D eigenvalue weighted by atomic mass is 9.96. The third-order valence-corrected chi connectivity index (χ3v) is 6.51. The molecule has 3 aromatic carbocycles. The highest BCUT2D eigenvalue weighted by Gasteiger charge is 2.23. The number of para-hydroxylation sites is 1. The van der Waals surface area contributed by atoms with Gasteiger partial charge in [0.25, 0.3) is 11.8 Å². The molecule has 1 aromatic heterocycles. The number of aliphatic hydroxyl groups excluding tert-OH is 1. The number of halogens is 1. The molecule has 2 heterocycles. The van der Waals surface area contributed by atoms with E-state index in [0.29, 0.717) is 46.8 Å². The number of nitrogens with zero attached hydrogens (tertiary/aromatic N) is 2. The third-order valence-electron chi connectivity index (χ3n) is 5.82. The first kappa shape index (κ1) is 21.4. The highest BCUT2D eigenvalue weighted by molar-refractivity contribution is 9.10. The van der Waals surface area contributed by atoms with Crippen LogP contribution in [0.1, 0.15) is 37.7 Å². The van der Waals surface area contributed by atoms with E-state index in [1.54, 1.807) is 23.1 Å². The van der Waals surface area contributed by atoms with Gasteiger partial charge in [0, 0.05) is 28.7 Å². The predicted molar refractivity (Wildman–Crippen MR) is 129 cm³/mol. The minimum atomic E-state index is -0.197. The summed E-state index contributed by atoms with van der Waals surface area (Å²) in [5.41, 5.74) is 5.35. The van der Waals surface area contributed by atoms with Crippen LogP contribution < -0.4 is 5.32 Å². The Labute approximate surface area is 198 Å². The van der Waals surface area contributed by atoms with Gasteiger partial charge < -0.3 is 20.3 Å². The largest absolute Gasteiger partial charge is 0.388 e. The van der Waals surface area contributed by atoms with Crippen LogP contribution in [0.4, 0.5) is 5.69 Å². The zero-order valence-electron chi connectivity index (χ0n) is 17.6. The maximum Gasteiger partial charge on any atom is 0.255 e. The molecule has 5 rings (SSSR count). The minimum Gasteiger partial charge on any atom is -0.388 e. The number of hydrogen-bond acceptors (Lipinski definition) is 4. The van der Waals surface area contributed by atoms with Gasteiger partial charge in [0.1, 0.15) is 12.4 Å². The number of fused-ring (bicyclic) bond motifs is 2. The predicted octanol–water partition coefficient (Wildman–Crippen LogP) is 4.27. The van der Waals surface area contributed by atoms with E-state index in [1.807, 2.05) is 42.5 Å². The molecule has 8 heteroatoms. The van der Waals surface area contributed by atoms with Gasteiger partial charge in [-0.1, -0.05) is 18.2 Å². The number of H-pyrrole nitrogens is 1. The fourth-order valence-electron chi connectivity index (χ4n) is 4.08. The lowest BCUT2D eigenvalue weighted by Gasteiger charge is -2.29. The van der Waals surface area contributed by atoms with Gasteiger partial charge in [0.05, 0.1) is 16.7 Å². The fourth-order valence-corrected chi connectivity index (χ4v) is 4.47. The molecule has 0 unspecified atom stereocenters. The molecule has 0 radical (unpaired) electrons. The first-order chi connectivity index (χ1) is 16.0. The van der Waals surface area contributed by atoms with Gasteiger partial charge in [0.15, 0.2) is 0 Å². The van der Waals surface area contributed by atoms with Crippen molar-refractivity contribution in [2.24, 2.45) is 0 Å². The standard InChI is InChI=1S/C25H21BrN4O3/c26-19-3-1-2-4-20(19)29-24(32)16-6-5-15-9-10-30(13-18(15)11-16)25(33)17-7-8-21-22(12-17)28-23(14-31)27-21/h1-8,11-12,31H,9-10,13-14H2,(H,27,28)(H,29,32). The Kier molecular flexibility index (Phi) is 5.70. The lowest BCUT2D eigenvalue weighted by molar-refractivity contribution is 0.0735. The number of rotatable bonds is 4. The van der Waals surface area contributed by atoms with Crippen LogP contribution in [0.2, 0.25) is 0 Å². The second-order valence-electron chi connectivity index (χ2n) is 7.97. The molecule has 0 spiro atoms. The Morgan fingerprint density at radius 3 is 2.70 bits per heavy atom.